The van der Waals surface area contributed by atoms with E-state index < -0.39 is 0 Å². The van der Waals surface area contributed by atoms with Crippen molar-refractivity contribution in [2.75, 3.05) is 0 Å². The summed E-state index contributed by atoms with van der Waals surface area (Å²) in [7, 11) is 0. The van der Waals surface area contributed by atoms with Gasteiger partial charge in [-0.3, -0.25) is 4.79 Å². The van der Waals surface area contributed by atoms with Gasteiger partial charge in [-0.05, 0) is 18.9 Å². The normalized spacial score (nSPS) is 11.0. The monoisotopic (exact) mass is 254 g/mol. The third kappa shape index (κ3) is 13.3. The number of esters is 1. The predicted molar refractivity (Wildman–Crippen MR) is 77.4 cm³/mol. The van der Waals surface area contributed by atoms with Crippen molar-refractivity contribution in [1.82, 2.24) is 0 Å². The first-order chi connectivity index (χ1) is 8.81. The highest BCUT2D eigenvalue weighted by molar-refractivity contribution is 5.69. The van der Waals surface area contributed by atoms with Crippen LogP contribution in [0, 0.1) is 0 Å². The zero-order valence-corrected chi connectivity index (χ0v) is 12.2. The molecule has 0 unspecified atom stereocenters. The van der Waals surface area contributed by atoms with Gasteiger partial charge in [0.15, 0.2) is 0 Å². The first kappa shape index (κ1) is 17.2. The SMILES string of the molecule is CCC=COC(=O)CCCCCCCCCCC. The summed E-state index contributed by atoms with van der Waals surface area (Å²) in [5, 5.41) is 0. The molecule has 0 fully saturated rings. The van der Waals surface area contributed by atoms with Crippen LogP contribution in [-0.2, 0) is 9.53 Å². The Morgan fingerprint density at radius 2 is 1.44 bits per heavy atom. The molecule has 0 saturated carbocycles. The maximum Gasteiger partial charge on any atom is 0.310 e. The summed E-state index contributed by atoms with van der Waals surface area (Å²) >= 11 is 0. The Kier molecular flexibility index (Phi) is 13.6. The Labute approximate surface area is 113 Å². The minimum Gasteiger partial charge on any atom is -0.435 e. The zero-order chi connectivity index (χ0) is 13.5. The average molecular weight is 254 g/mol. The van der Waals surface area contributed by atoms with Crippen LogP contribution in [0.5, 0.6) is 0 Å². The van der Waals surface area contributed by atoms with Gasteiger partial charge in [-0.15, -0.1) is 0 Å². The largest absolute Gasteiger partial charge is 0.435 e. The number of carbonyl (C=O) groups is 1. The molecule has 106 valence electrons. The van der Waals surface area contributed by atoms with Crippen molar-refractivity contribution >= 4 is 5.97 Å². The number of ether oxygens (including phenoxy) is 1. The topological polar surface area (TPSA) is 26.3 Å². The van der Waals surface area contributed by atoms with Crippen LogP contribution in [0.2, 0.25) is 0 Å². The molecule has 0 rings (SSSR count). The Hall–Kier alpha value is -0.790. The molecular weight excluding hydrogens is 224 g/mol. The van der Waals surface area contributed by atoms with Gasteiger partial charge < -0.3 is 4.74 Å². The summed E-state index contributed by atoms with van der Waals surface area (Å²) in [5.74, 6) is -0.0948. The first-order valence-corrected chi connectivity index (χ1v) is 7.65. The molecule has 18 heavy (non-hydrogen) atoms. The molecule has 0 atom stereocenters. The highest BCUT2D eigenvalue weighted by Crippen LogP contribution is 2.10. The fourth-order valence-electron chi connectivity index (χ4n) is 1.86. The third-order valence-corrected chi connectivity index (χ3v) is 3.02. The molecule has 0 radical (unpaired) electrons. The Morgan fingerprint density at radius 1 is 0.889 bits per heavy atom. The van der Waals surface area contributed by atoms with Gasteiger partial charge in [0.2, 0.25) is 0 Å². The van der Waals surface area contributed by atoms with Crippen molar-refractivity contribution < 1.29 is 9.53 Å². The lowest BCUT2D eigenvalue weighted by atomic mass is 10.1. The summed E-state index contributed by atoms with van der Waals surface area (Å²) in [6.07, 6.45) is 16.3. The summed E-state index contributed by atoms with van der Waals surface area (Å²) in [5.41, 5.74) is 0. The maximum absolute atomic E-state index is 11.3. The van der Waals surface area contributed by atoms with E-state index in [2.05, 4.69) is 6.92 Å². The number of hydrogen-bond donors (Lipinski definition) is 0. The second kappa shape index (κ2) is 14.3. The number of carbonyl (C=O) groups excluding carboxylic acids is 1. The van der Waals surface area contributed by atoms with Gasteiger partial charge in [-0.1, -0.05) is 65.2 Å². The Bertz CT molecular complexity index is 209. The zero-order valence-electron chi connectivity index (χ0n) is 12.2. The molecule has 0 aliphatic heterocycles. The minimum atomic E-state index is -0.0948. The number of rotatable bonds is 12. The van der Waals surface area contributed by atoms with Crippen LogP contribution in [0.1, 0.15) is 84.5 Å². The van der Waals surface area contributed by atoms with E-state index in [9.17, 15) is 4.79 Å². The van der Waals surface area contributed by atoms with E-state index in [1.54, 1.807) is 0 Å². The molecule has 0 aliphatic carbocycles. The highest BCUT2D eigenvalue weighted by Gasteiger charge is 2.00. The fourth-order valence-corrected chi connectivity index (χ4v) is 1.86. The molecule has 2 nitrogen and oxygen atoms in total. The first-order valence-electron chi connectivity index (χ1n) is 7.65. The van der Waals surface area contributed by atoms with Crippen LogP contribution in [0.4, 0.5) is 0 Å². The third-order valence-electron chi connectivity index (χ3n) is 3.02. The van der Waals surface area contributed by atoms with Crippen molar-refractivity contribution in [3.63, 3.8) is 0 Å². The minimum absolute atomic E-state index is 0.0948. The molecule has 0 heterocycles. The van der Waals surface area contributed by atoms with Crippen molar-refractivity contribution in [2.45, 2.75) is 84.5 Å². The predicted octanol–water partition coefficient (Wildman–Crippen LogP) is 5.37. The fraction of sp³-hybridized carbons (Fsp3) is 0.812. The molecule has 0 aromatic heterocycles. The second-order valence-electron chi connectivity index (χ2n) is 4.85. The summed E-state index contributed by atoms with van der Waals surface area (Å²) in [4.78, 5) is 11.3. The van der Waals surface area contributed by atoms with E-state index in [4.69, 9.17) is 4.74 Å². The van der Waals surface area contributed by atoms with Gasteiger partial charge in [-0.2, -0.15) is 0 Å². The molecule has 0 spiro atoms. The molecule has 0 aromatic rings. The second-order valence-corrected chi connectivity index (χ2v) is 4.85. The maximum atomic E-state index is 11.3. The van der Waals surface area contributed by atoms with Crippen LogP contribution < -0.4 is 0 Å². The van der Waals surface area contributed by atoms with E-state index in [0.717, 1.165) is 19.3 Å². The Balaban J connectivity index is 3.15. The van der Waals surface area contributed by atoms with Crippen LogP contribution >= 0.6 is 0 Å². The molecule has 2 heteroatoms. The lowest BCUT2D eigenvalue weighted by Gasteiger charge is -2.01. The van der Waals surface area contributed by atoms with Crippen molar-refractivity contribution in [3.8, 4) is 0 Å². The van der Waals surface area contributed by atoms with Crippen LogP contribution in [0.25, 0.3) is 0 Å². The highest BCUT2D eigenvalue weighted by atomic mass is 16.5. The molecule has 0 aliphatic rings. The standard InChI is InChI=1S/C16H30O2/c1-3-5-7-8-9-10-11-12-13-14-16(17)18-15-6-4-2/h6,15H,3-5,7-14H2,1-2H3. The van der Waals surface area contributed by atoms with Gasteiger partial charge in [-0.25, -0.2) is 0 Å². The van der Waals surface area contributed by atoms with E-state index in [-0.39, 0.29) is 5.97 Å². The lowest BCUT2D eigenvalue weighted by Crippen LogP contribution is -1.98. The molecule has 0 aromatic carbocycles. The molecule has 0 bridgehead atoms. The van der Waals surface area contributed by atoms with E-state index in [1.807, 2.05) is 13.0 Å². The molecular formula is C16H30O2. The smallest absolute Gasteiger partial charge is 0.310 e. The van der Waals surface area contributed by atoms with Crippen molar-refractivity contribution in [1.29, 1.82) is 0 Å². The Morgan fingerprint density at radius 3 is 2.00 bits per heavy atom. The van der Waals surface area contributed by atoms with Crippen molar-refractivity contribution in [3.05, 3.63) is 12.3 Å². The van der Waals surface area contributed by atoms with Crippen molar-refractivity contribution in [2.24, 2.45) is 0 Å². The van der Waals surface area contributed by atoms with Crippen LogP contribution in [-0.4, -0.2) is 5.97 Å². The molecule has 0 amide bonds. The quantitative estimate of drug-likeness (QED) is 0.266. The van der Waals surface area contributed by atoms with Crippen LogP contribution in [0.15, 0.2) is 12.3 Å². The summed E-state index contributed by atoms with van der Waals surface area (Å²) in [6, 6.07) is 0. The molecule has 0 N–H and O–H groups in total. The lowest BCUT2D eigenvalue weighted by molar-refractivity contribution is -0.138. The number of allylic oxidation sites excluding steroid dienone is 1. The summed E-state index contributed by atoms with van der Waals surface area (Å²) in [6.45, 7) is 4.26. The molecule has 0 saturated heterocycles. The number of unbranched alkanes of at least 4 members (excludes halogenated alkanes) is 8. The van der Waals surface area contributed by atoms with E-state index in [0.29, 0.717) is 6.42 Å². The van der Waals surface area contributed by atoms with Gasteiger partial charge in [0, 0.05) is 6.42 Å². The average Bonchev–Trinajstić information content (AvgIpc) is 2.37. The van der Waals surface area contributed by atoms with Crippen LogP contribution in [0.3, 0.4) is 0 Å². The van der Waals surface area contributed by atoms with Gasteiger partial charge >= 0.3 is 5.97 Å². The van der Waals surface area contributed by atoms with E-state index >= 15 is 0 Å². The van der Waals surface area contributed by atoms with Gasteiger partial charge in [0.1, 0.15) is 0 Å². The van der Waals surface area contributed by atoms with E-state index in [1.165, 1.54) is 51.2 Å². The van der Waals surface area contributed by atoms with Gasteiger partial charge in [0.25, 0.3) is 0 Å². The summed E-state index contributed by atoms with van der Waals surface area (Å²) < 4.78 is 4.93. The van der Waals surface area contributed by atoms with Gasteiger partial charge in [0.05, 0.1) is 6.26 Å². The number of hydrogen-bond acceptors (Lipinski definition) is 2.